The Bertz CT molecular complexity index is 729. The van der Waals surface area contributed by atoms with Gasteiger partial charge in [-0.1, -0.05) is 29.8 Å². The highest BCUT2D eigenvalue weighted by atomic mass is 19.3. The molecule has 0 radical (unpaired) electrons. The van der Waals surface area contributed by atoms with Gasteiger partial charge in [0.1, 0.15) is 12.4 Å². The van der Waals surface area contributed by atoms with Gasteiger partial charge in [0.05, 0.1) is 12.0 Å². The average Bonchev–Trinajstić information content (AvgIpc) is 2.55. The minimum atomic E-state index is -2.60. The van der Waals surface area contributed by atoms with Crippen LogP contribution in [0.4, 0.5) is 8.78 Å². The summed E-state index contributed by atoms with van der Waals surface area (Å²) in [6.45, 7) is 3.81. The Balaban J connectivity index is 2.25. The number of amides is 1. The van der Waals surface area contributed by atoms with Gasteiger partial charge in [-0.15, -0.1) is 0 Å². The molecule has 3 nitrogen and oxygen atoms in total. The van der Waals surface area contributed by atoms with E-state index in [0.717, 1.165) is 22.3 Å². The highest BCUT2D eigenvalue weighted by Gasteiger charge is 2.16. The molecule has 0 fully saturated rings. The van der Waals surface area contributed by atoms with E-state index in [1.165, 1.54) is 6.07 Å². The van der Waals surface area contributed by atoms with Crippen LogP contribution < -0.4 is 10.1 Å². The third-order valence-corrected chi connectivity index (χ3v) is 3.91. The number of aryl methyl sites for hydroxylation is 2. The van der Waals surface area contributed by atoms with E-state index < -0.39 is 6.43 Å². The van der Waals surface area contributed by atoms with Crippen molar-refractivity contribution in [3.8, 4) is 5.75 Å². The van der Waals surface area contributed by atoms with Crippen molar-refractivity contribution < 1.29 is 18.3 Å². The van der Waals surface area contributed by atoms with Gasteiger partial charge in [-0.05, 0) is 42.7 Å². The molecule has 0 atom stereocenters. The Labute approximate surface area is 140 Å². The summed E-state index contributed by atoms with van der Waals surface area (Å²) in [5.74, 6) is 0.0650. The summed E-state index contributed by atoms with van der Waals surface area (Å²) in [6.07, 6.45) is -2.37. The van der Waals surface area contributed by atoms with Gasteiger partial charge >= 0.3 is 0 Å². The second-order valence-corrected chi connectivity index (χ2v) is 5.69. The largest absolute Gasteiger partial charge is 0.488 e. The van der Waals surface area contributed by atoms with Gasteiger partial charge in [0.2, 0.25) is 5.91 Å². The molecule has 0 heterocycles. The van der Waals surface area contributed by atoms with Crippen molar-refractivity contribution in [2.24, 2.45) is 0 Å². The van der Waals surface area contributed by atoms with E-state index in [1.807, 2.05) is 25.1 Å². The van der Waals surface area contributed by atoms with Crippen LogP contribution in [0.2, 0.25) is 0 Å². The van der Waals surface area contributed by atoms with Crippen LogP contribution >= 0.6 is 0 Å². The normalized spacial score (nSPS) is 10.8. The van der Waals surface area contributed by atoms with Gasteiger partial charge in [0, 0.05) is 7.05 Å². The number of carbonyl (C=O) groups excluding carboxylic acids is 1. The number of likely N-dealkylation sites (N-methyl/N-ethyl adjacent to an activating group) is 1. The van der Waals surface area contributed by atoms with Gasteiger partial charge in [-0.25, -0.2) is 8.78 Å². The lowest BCUT2D eigenvalue weighted by Crippen LogP contribution is -2.21. The molecule has 2 aromatic rings. The molecule has 5 heteroatoms. The van der Waals surface area contributed by atoms with Crippen LogP contribution in [0.25, 0.3) is 0 Å². The molecule has 1 amide bonds. The molecule has 2 aromatic carbocycles. The van der Waals surface area contributed by atoms with Crippen molar-refractivity contribution in [2.75, 3.05) is 7.05 Å². The number of alkyl halides is 2. The van der Waals surface area contributed by atoms with Crippen LogP contribution in [0.3, 0.4) is 0 Å². The summed E-state index contributed by atoms with van der Waals surface area (Å²) < 4.78 is 32.0. The first-order valence-electron chi connectivity index (χ1n) is 7.71. The second-order valence-electron chi connectivity index (χ2n) is 5.69. The third-order valence-electron chi connectivity index (χ3n) is 3.91. The zero-order chi connectivity index (χ0) is 17.7. The quantitative estimate of drug-likeness (QED) is 0.864. The number of rotatable bonds is 6. The first kappa shape index (κ1) is 17.9. The van der Waals surface area contributed by atoms with E-state index in [4.69, 9.17) is 4.74 Å². The van der Waals surface area contributed by atoms with Crippen molar-refractivity contribution in [3.05, 3.63) is 64.2 Å². The molecule has 24 heavy (non-hydrogen) atoms. The van der Waals surface area contributed by atoms with E-state index in [9.17, 15) is 13.6 Å². The minimum absolute atomic E-state index is 0.106. The molecule has 2 rings (SSSR count). The number of ether oxygens (including phenoxy) is 1. The van der Waals surface area contributed by atoms with Crippen LogP contribution in [0, 0.1) is 13.8 Å². The van der Waals surface area contributed by atoms with Crippen LogP contribution in [0.1, 0.15) is 34.2 Å². The molecule has 0 aliphatic rings. The SMILES string of the molecule is CNC(=O)Cc1cccc(C)c1COc1ccc(C)cc1C(F)F. The molecular weight excluding hydrogens is 312 g/mol. The third kappa shape index (κ3) is 4.31. The van der Waals surface area contributed by atoms with E-state index in [-0.39, 0.29) is 30.2 Å². The Kier molecular flexibility index (Phi) is 5.90. The van der Waals surface area contributed by atoms with Crippen LogP contribution in [-0.4, -0.2) is 13.0 Å². The summed E-state index contributed by atoms with van der Waals surface area (Å²) in [6, 6.07) is 10.4. The second kappa shape index (κ2) is 7.90. The average molecular weight is 333 g/mol. The lowest BCUT2D eigenvalue weighted by atomic mass is 10.00. The van der Waals surface area contributed by atoms with Gasteiger partial charge in [-0.3, -0.25) is 4.79 Å². The minimum Gasteiger partial charge on any atom is -0.488 e. The topological polar surface area (TPSA) is 38.3 Å². The summed E-state index contributed by atoms with van der Waals surface area (Å²) in [5, 5.41) is 2.59. The zero-order valence-corrected chi connectivity index (χ0v) is 14.0. The Hall–Kier alpha value is -2.43. The number of benzene rings is 2. The van der Waals surface area contributed by atoms with Crippen LogP contribution in [0.5, 0.6) is 5.75 Å². The summed E-state index contributed by atoms with van der Waals surface area (Å²) in [4.78, 5) is 11.6. The fraction of sp³-hybridized carbons (Fsp3) is 0.316. The van der Waals surface area contributed by atoms with Gasteiger partial charge < -0.3 is 10.1 Å². The molecule has 0 saturated heterocycles. The lowest BCUT2D eigenvalue weighted by molar-refractivity contribution is -0.119. The molecular formula is C19H21F2NO2. The number of hydrogen-bond acceptors (Lipinski definition) is 2. The molecule has 0 aromatic heterocycles. The number of nitrogens with one attached hydrogen (secondary N) is 1. The Morgan fingerprint density at radius 1 is 1.21 bits per heavy atom. The smallest absolute Gasteiger partial charge is 0.267 e. The molecule has 0 saturated carbocycles. The summed E-state index contributed by atoms with van der Waals surface area (Å²) in [5.41, 5.74) is 3.29. The van der Waals surface area contributed by atoms with E-state index in [0.29, 0.717) is 0 Å². The molecule has 0 spiro atoms. The van der Waals surface area contributed by atoms with Crippen molar-refractivity contribution in [1.82, 2.24) is 5.32 Å². The van der Waals surface area contributed by atoms with E-state index in [2.05, 4.69) is 5.32 Å². The standard InChI is InChI=1S/C19H21F2NO2/c1-12-7-8-17(15(9-12)19(20)21)24-11-16-13(2)5-4-6-14(16)10-18(23)22-3/h4-9,19H,10-11H2,1-3H3,(H,22,23). The molecule has 0 aliphatic carbocycles. The fourth-order valence-electron chi connectivity index (χ4n) is 2.52. The van der Waals surface area contributed by atoms with Gasteiger partial charge in [0.25, 0.3) is 6.43 Å². The number of carbonyl (C=O) groups is 1. The van der Waals surface area contributed by atoms with Crippen molar-refractivity contribution in [1.29, 1.82) is 0 Å². The lowest BCUT2D eigenvalue weighted by Gasteiger charge is -2.16. The fourth-order valence-corrected chi connectivity index (χ4v) is 2.52. The monoisotopic (exact) mass is 333 g/mol. The predicted octanol–water partition coefficient (Wildman–Crippen LogP) is 4.11. The molecule has 0 unspecified atom stereocenters. The van der Waals surface area contributed by atoms with Crippen LogP contribution in [-0.2, 0) is 17.8 Å². The maximum absolute atomic E-state index is 13.2. The molecule has 0 aliphatic heterocycles. The summed E-state index contributed by atoms with van der Waals surface area (Å²) >= 11 is 0. The van der Waals surface area contributed by atoms with Crippen molar-refractivity contribution in [3.63, 3.8) is 0 Å². The molecule has 128 valence electrons. The maximum Gasteiger partial charge on any atom is 0.267 e. The van der Waals surface area contributed by atoms with Crippen molar-refractivity contribution in [2.45, 2.75) is 33.3 Å². The molecule has 0 bridgehead atoms. The number of halogens is 2. The first-order chi connectivity index (χ1) is 11.4. The highest BCUT2D eigenvalue weighted by Crippen LogP contribution is 2.31. The van der Waals surface area contributed by atoms with E-state index >= 15 is 0 Å². The Morgan fingerprint density at radius 2 is 1.96 bits per heavy atom. The van der Waals surface area contributed by atoms with Crippen molar-refractivity contribution >= 4 is 5.91 Å². The first-order valence-corrected chi connectivity index (χ1v) is 7.71. The highest BCUT2D eigenvalue weighted by molar-refractivity contribution is 5.78. The number of hydrogen-bond donors (Lipinski definition) is 1. The van der Waals surface area contributed by atoms with Gasteiger partial charge in [0.15, 0.2) is 0 Å². The predicted molar refractivity (Wildman–Crippen MR) is 89.4 cm³/mol. The zero-order valence-electron chi connectivity index (χ0n) is 14.0. The maximum atomic E-state index is 13.2. The van der Waals surface area contributed by atoms with E-state index in [1.54, 1.807) is 26.1 Å². The van der Waals surface area contributed by atoms with Gasteiger partial charge in [-0.2, -0.15) is 0 Å². The molecule has 1 N–H and O–H groups in total. The van der Waals surface area contributed by atoms with Crippen LogP contribution in [0.15, 0.2) is 36.4 Å². The summed E-state index contributed by atoms with van der Waals surface area (Å²) in [7, 11) is 1.58. The Morgan fingerprint density at radius 3 is 2.62 bits per heavy atom.